The minimum atomic E-state index is -0.0695. The van der Waals surface area contributed by atoms with Gasteiger partial charge < -0.3 is 18.9 Å². The molecule has 0 radical (unpaired) electrons. The van der Waals surface area contributed by atoms with Crippen LogP contribution in [0.5, 0.6) is 11.8 Å². The fourth-order valence-corrected chi connectivity index (χ4v) is 3.28. The molecule has 3 heterocycles. The summed E-state index contributed by atoms with van der Waals surface area (Å²) in [6.45, 7) is 5.40. The third-order valence-electron chi connectivity index (χ3n) is 4.45. The molecule has 0 bridgehead atoms. The summed E-state index contributed by atoms with van der Waals surface area (Å²) in [7, 11) is 3.04. The molecular weight excluding hydrogens is 308 g/mol. The summed E-state index contributed by atoms with van der Waals surface area (Å²) in [5.41, 5.74) is 1.58. The van der Waals surface area contributed by atoms with Gasteiger partial charge in [0.05, 0.1) is 20.3 Å². The predicted octanol–water partition coefficient (Wildman–Crippen LogP) is 2.00. The third kappa shape index (κ3) is 2.81. The lowest BCUT2D eigenvalue weighted by Crippen LogP contribution is -2.30. The highest BCUT2D eigenvalue weighted by Crippen LogP contribution is 2.28. The van der Waals surface area contributed by atoms with Crippen molar-refractivity contribution in [2.75, 3.05) is 27.3 Å². The number of likely N-dealkylation sites (tertiary alicyclic amines) is 1. The first-order valence-electron chi connectivity index (χ1n) is 7.94. The van der Waals surface area contributed by atoms with Gasteiger partial charge in [0, 0.05) is 31.0 Å². The van der Waals surface area contributed by atoms with Crippen LogP contribution in [-0.4, -0.2) is 52.7 Å². The lowest BCUT2D eigenvalue weighted by atomic mass is 10.2. The fraction of sp³-hybridized carbons (Fsp3) is 0.471. The van der Waals surface area contributed by atoms with Gasteiger partial charge in [-0.1, -0.05) is 0 Å². The van der Waals surface area contributed by atoms with Crippen molar-refractivity contribution in [2.45, 2.75) is 26.3 Å². The topological polar surface area (TPSA) is 69.5 Å². The number of aromatic nitrogens is 3. The number of imidazole rings is 1. The van der Waals surface area contributed by atoms with Gasteiger partial charge in [0.2, 0.25) is 11.8 Å². The van der Waals surface area contributed by atoms with Crippen molar-refractivity contribution < 1.29 is 14.3 Å². The summed E-state index contributed by atoms with van der Waals surface area (Å²) >= 11 is 0. The van der Waals surface area contributed by atoms with Gasteiger partial charge in [-0.3, -0.25) is 4.79 Å². The number of carbonyl (C=O) groups excluding carboxylic acids is 1. The van der Waals surface area contributed by atoms with Crippen LogP contribution < -0.4 is 9.47 Å². The number of nitrogens with zero attached hydrogens (tertiary/aromatic N) is 4. The monoisotopic (exact) mass is 330 g/mol. The van der Waals surface area contributed by atoms with Gasteiger partial charge in [-0.05, 0) is 26.3 Å². The number of amides is 1. The van der Waals surface area contributed by atoms with Gasteiger partial charge in [-0.2, -0.15) is 4.98 Å². The van der Waals surface area contributed by atoms with Crippen molar-refractivity contribution in [1.82, 2.24) is 19.4 Å². The SMILES string of the molecule is COc1ccc(C(=O)N2CCC(n3c(C)cnc3C)C2)c(OC)n1. The molecule has 1 aliphatic rings. The van der Waals surface area contributed by atoms with E-state index in [1.807, 2.05) is 24.9 Å². The van der Waals surface area contributed by atoms with Crippen LogP contribution in [-0.2, 0) is 0 Å². The van der Waals surface area contributed by atoms with Crippen LogP contribution in [0.1, 0.15) is 34.3 Å². The quantitative estimate of drug-likeness (QED) is 0.857. The fourth-order valence-electron chi connectivity index (χ4n) is 3.28. The van der Waals surface area contributed by atoms with Gasteiger partial charge in [0.1, 0.15) is 11.4 Å². The minimum Gasteiger partial charge on any atom is -0.481 e. The highest BCUT2D eigenvalue weighted by atomic mass is 16.5. The van der Waals surface area contributed by atoms with Crippen LogP contribution in [0.15, 0.2) is 18.3 Å². The van der Waals surface area contributed by atoms with Gasteiger partial charge in [0.15, 0.2) is 0 Å². The zero-order valence-corrected chi connectivity index (χ0v) is 14.4. The zero-order valence-electron chi connectivity index (χ0n) is 14.4. The first-order chi connectivity index (χ1) is 11.5. The Morgan fingerprint density at radius 1 is 1.25 bits per heavy atom. The first-order valence-corrected chi connectivity index (χ1v) is 7.94. The molecule has 0 aliphatic carbocycles. The Balaban J connectivity index is 1.80. The summed E-state index contributed by atoms with van der Waals surface area (Å²) in [4.78, 5) is 23.2. The smallest absolute Gasteiger partial charge is 0.259 e. The molecule has 2 aromatic heterocycles. The second-order valence-corrected chi connectivity index (χ2v) is 5.92. The van der Waals surface area contributed by atoms with Crippen molar-refractivity contribution in [3.05, 3.63) is 35.4 Å². The number of aryl methyl sites for hydroxylation is 2. The molecule has 128 valence electrons. The lowest BCUT2D eigenvalue weighted by molar-refractivity contribution is 0.0783. The van der Waals surface area contributed by atoms with Gasteiger partial charge in [-0.15, -0.1) is 0 Å². The summed E-state index contributed by atoms with van der Waals surface area (Å²) in [6, 6.07) is 3.63. The Hall–Kier alpha value is -2.57. The maximum absolute atomic E-state index is 12.9. The Labute approximate surface area is 141 Å². The molecule has 1 aliphatic heterocycles. The van der Waals surface area contributed by atoms with Crippen molar-refractivity contribution in [3.8, 4) is 11.8 Å². The lowest BCUT2D eigenvalue weighted by Gasteiger charge is -2.19. The van der Waals surface area contributed by atoms with E-state index in [0.29, 0.717) is 24.5 Å². The summed E-state index contributed by atoms with van der Waals surface area (Å²) in [5, 5.41) is 0. The molecule has 0 spiro atoms. The van der Waals surface area contributed by atoms with Gasteiger partial charge in [0.25, 0.3) is 5.91 Å². The number of hydrogen-bond acceptors (Lipinski definition) is 5. The Kier molecular flexibility index (Phi) is 4.42. The van der Waals surface area contributed by atoms with Crippen LogP contribution in [0.2, 0.25) is 0 Å². The van der Waals surface area contributed by atoms with Crippen LogP contribution in [0.4, 0.5) is 0 Å². The number of hydrogen-bond donors (Lipinski definition) is 0. The van der Waals surface area contributed by atoms with Crippen LogP contribution in [0.3, 0.4) is 0 Å². The highest BCUT2D eigenvalue weighted by Gasteiger charge is 2.31. The van der Waals surface area contributed by atoms with E-state index in [9.17, 15) is 4.79 Å². The first kappa shape index (κ1) is 16.3. The molecule has 1 saturated heterocycles. The van der Waals surface area contributed by atoms with E-state index in [1.54, 1.807) is 12.1 Å². The van der Waals surface area contributed by atoms with Crippen molar-refractivity contribution in [3.63, 3.8) is 0 Å². The van der Waals surface area contributed by atoms with E-state index in [-0.39, 0.29) is 17.8 Å². The maximum Gasteiger partial charge on any atom is 0.259 e. The van der Waals surface area contributed by atoms with E-state index in [0.717, 1.165) is 17.9 Å². The third-order valence-corrected chi connectivity index (χ3v) is 4.45. The molecule has 0 aromatic carbocycles. The number of pyridine rings is 1. The van der Waals surface area contributed by atoms with Crippen molar-refractivity contribution in [2.24, 2.45) is 0 Å². The average molecular weight is 330 g/mol. The van der Waals surface area contributed by atoms with Crippen LogP contribution >= 0.6 is 0 Å². The van der Waals surface area contributed by atoms with Gasteiger partial charge in [-0.25, -0.2) is 4.98 Å². The van der Waals surface area contributed by atoms with E-state index in [1.165, 1.54) is 14.2 Å². The molecule has 0 N–H and O–H groups in total. The molecule has 3 rings (SSSR count). The molecule has 0 saturated carbocycles. The second kappa shape index (κ2) is 6.51. The molecule has 1 unspecified atom stereocenters. The molecule has 1 amide bonds. The normalized spacial score (nSPS) is 17.2. The second-order valence-electron chi connectivity index (χ2n) is 5.92. The van der Waals surface area contributed by atoms with E-state index < -0.39 is 0 Å². The predicted molar refractivity (Wildman–Crippen MR) is 88.6 cm³/mol. The largest absolute Gasteiger partial charge is 0.481 e. The van der Waals surface area contributed by atoms with E-state index in [2.05, 4.69) is 14.5 Å². The highest BCUT2D eigenvalue weighted by molar-refractivity contribution is 5.96. The molecule has 1 atom stereocenters. The average Bonchev–Trinajstić information content (AvgIpc) is 3.20. The van der Waals surface area contributed by atoms with Gasteiger partial charge >= 0.3 is 0 Å². The Morgan fingerprint density at radius 3 is 2.67 bits per heavy atom. The minimum absolute atomic E-state index is 0.0695. The summed E-state index contributed by atoms with van der Waals surface area (Å²) in [5.74, 6) is 1.63. The molecule has 24 heavy (non-hydrogen) atoms. The summed E-state index contributed by atoms with van der Waals surface area (Å²) in [6.07, 6.45) is 2.78. The number of rotatable bonds is 4. The number of ether oxygens (including phenoxy) is 2. The van der Waals surface area contributed by atoms with Crippen LogP contribution in [0.25, 0.3) is 0 Å². The van der Waals surface area contributed by atoms with E-state index >= 15 is 0 Å². The van der Waals surface area contributed by atoms with Crippen molar-refractivity contribution >= 4 is 5.91 Å². The zero-order chi connectivity index (χ0) is 17.3. The Bertz CT molecular complexity index is 737. The number of carbonyl (C=O) groups is 1. The molecular formula is C17H22N4O3. The molecule has 2 aromatic rings. The molecule has 7 heteroatoms. The molecule has 1 fully saturated rings. The van der Waals surface area contributed by atoms with Crippen molar-refractivity contribution in [1.29, 1.82) is 0 Å². The maximum atomic E-state index is 12.9. The molecule has 7 nitrogen and oxygen atoms in total. The standard InChI is InChI=1S/C17H22N4O3/c1-11-9-18-12(2)21(11)13-7-8-20(10-13)17(22)14-5-6-15(23-3)19-16(14)24-4/h5-6,9,13H,7-8,10H2,1-4H3. The van der Waals surface area contributed by atoms with E-state index in [4.69, 9.17) is 9.47 Å². The summed E-state index contributed by atoms with van der Waals surface area (Å²) < 4.78 is 12.5. The van der Waals surface area contributed by atoms with Crippen LogP contribution in [0, 0.1) is 13.8 Å². The number of methoxy groups -OCH3 is 2. The Morgan fingerprint density at radius 2 is 2.04 bits per heavy atom.